The lowest BCUT2D eigenvalue weighted by molar-refractivity contribution is -0.000138. The van der Waals surface area contributed by atoms with Crippen molar-refractivity contribution in [3.8, 4) is 0 Å². The van der Waals surface area contributed by atoms with Crippen molar-refractivity contribution in [2.75, 3.05) is 19.8 Å². The Morgan fingerprint density at radius 3 is 3.10 bits per heavy atom. The van der Waals surface area contributed by atoms with E-state index in [1.54, 1.807) is 0 Å². The lowest BCUT2D eigenvalue weighted by Crippen LogP contribution is -2.29. The van der Waals surface area contributed by atoms with E-state index in [-0.39, 0.29) is 0 Å². The Labute approximate surface area is 61.9 Å². The fourth-order valence-corrected chi connectivity index (χ4v) is 1.11. The summed E-state index contributed by atoms with van der Waals surface area (Å²) >= 11 is 0. The van der Waals surface area contributed by atoms with Crippen LogP contribution in [-0.4, -0.2) is 25.9 Å². The summed E-state index contributed by atoms with van der Waals surface area (Å²) in [6, 6.07) is 0. The Kier molecular flexibility index (Phi) is 3.72. The summed E-state index contributed by atoms with van der Waals surface area (Å²) in [4.78, 5) is 0. The van der Waals surface area contributed by atoms with Gasteiger partial charge in [-0.3, -0.25) is 0 Å². The summed E-state index contributed by atoms with van der Waals surface area (Å²) in [6.45, 7) is 2.33. The molecular weight excluding hydrogens is 128 g/mol. The summed E-state index contributed by atoms with van der Waals surface area (Å²) in [5, 5.41) is 4.08. The highest BCUT2D eigenvalue weighted by atomic mass is 16.5. The van der Waals surface area contributed by atoms with Gasteiger partial charge < -0.3 is 10.5 Å². The maximum atomic E-state index is 5.37. The lowest BCUT2D eigenvalue weighted by Gasteiger charge is -2.21. The Morgan fingerprint density at radius 1 is 1.60 bits per heavy atom. The maximum Gasteiger partial charge on any atom is 0.112 e. The molecule has 1 rings (SSSR count). The molecule has 1 radical (unpaired) electrons. The number of nitrogens with zero attached hydrogens (tertiary/aromatic N) is 1. The van der Waals surface area contributed by atoms with Gasteiger partial charge in [0.25, 0.3) is 0 Å². The van der Waals surface area contributed by atoms with Gasteiger partial charge in [-0.25, -0.2) is 5.32 Å². The topological polar surface area (TPSA) is 49.4 Å². The zero-order valence-electron chi connectivity index (χ0n) is 6.25. The SMILES string of the molecule is NCCCC1CC[N]CO1. The summed E-state index contributed by atoms with van der Waals surface area (Å²) < 4.78 is 5.36. The van der Waals surface area contributed by atoms with Gasteiger partial charge in [-0.15, -0.1) is 0 Å². The second kappa shape index (κ2) is 4.66. The van der Waals surface area contributed by atoms with Crippen molar-refractivity contribution < 1.29 is 4.74 Å². The quantitative estimate of drug-likeness (QED) is 0.608. The summed E-state index contributed by atoms with van der Waals surface area (Å²) in [7, 11) is 0. The van der Waals surface area contributed by atoms with E-state index in [2.05, 4.69) is 5.32 Å². The first kappa shape index (κ1) is 7.98. The molecule has 59 valence electrons. The van der Waals surface area contributed by atoms with Gasteiger partial charge in [0.05, 0.1) is 6.10 Å². The van der Waals surface area contributed by atoms with Crippen LogP contribution in [-0.2, 0) is 4.74 Å². The normalized spacial score (nSPS) is 26.7. The van der Waals surface area contributed by atoms with E-state index >= 15 is 0 Å². The third kappa shape index (κ3) is 2.64. The van der Waals surface area contributed by atoms with Crippen molar-refractivity contribution >= 4 is 0 Å². The van der Waals surface area contributed by atoms with Crippen molar-refractivity contribution in [2.24, 2.45) is 5.73 Å². The van der Waals surface area contributed by atoms with Gasteiger partial charge >= 0.3 is 0 Å². The minimum Gasteiger partial charge on any atom is -0.362 e. The van der Waals surface area contributed by atoms with Crippen molar-refractivity contribution in [3.63, 3.8) is 0 Å². The molecule has 1 fully saturated rings. The van der Waals surface area contributed by atoms with E-state index in [0.29, 0.717) is 12.8 Å². The number of hydrogen-bond donors (Lipinski definition) is 1. The molecule has 0 amide bonds. The number of nitrogens with two attached hydrogens (primary N) is 1. The predicted molar refractivity (Wildman–Crippen MR) is 39.6 cm³/mol. The molecule has 3 heteroatoms. The van der Waals surface area contributed by atoms with Crippen LogP contribution in [0.5, 0.6) is 0 Å². The molecule has 1 aliphatic rings. The molecule has 0 spiro atoms. The van der Waals surface area contributed by atoms with E-state index in [4.69, 9.17) is 10.5 Å². The average Bonchev–Trinajstić information content (AvgIpc) is 2.03. The summed E-state index contributed by atoms with van der Waals surface area (Å²) in [5.41, 5.74) is 5.37. The van der Waals surface area contributed by atoms with Crippen LogP contribution in [0.1, 0.15) is 19.3 Å². The molecule has 0 aromatic rings. The first-order valence-corrected chi connectivity index (χ1v) is 3.88. The maximum absolute atomic E-state index is 5.37. The first-order valence-electron chi connectivity index (χ1n) is 3.88. The second-order valence-electron chi connectivity index (χ2n) is 2.58. The van der Waals surface area contributed by atoms with Crippen molar-refractivity contribution in [2.45, 2.75) is 25.4 Å². The molecule has 0 bridgehead atoms. The Balaban J connectivity index is 2.02. The highest BCUT2D eigenvalue weighted by molar-refractivity contribution is 4.63. The molecule has 1 heterocycles. The zero-order valence-corrected chi connectivity index (χ0v) is 6.25. The molecule has 1 atom stereocenters. The third-order valence-corrected chi connectivity index (χ3v) is 1.74. The smallest absolute Gasteiger partial charge is 0.112 e. The monoisotopic (exact) mass is 143 g/mol. The van der Waals surface area contributed by atoms with E-state index < -0.39 is 0 Å². The van der Waals surface area contributed by atoms with Gasteiger partial charge in [0.15, 0.2) is 0 Å². The Hall–Kier alpha value is -0.120. The number of ether oxygens (including phenoxy) is 1. The van der Waals surface area contributed by atoms with E-state index in [0.717, 1.165) is 32.4 Å². The largest absolute Gasteiger partial charge is 0.362 e. The molecule has 10 heavy (non-hydrogen) atoms. The minimum atomic E-state index is 0.432. The van der Waals surface area contributed by atoms with Crippen LogP contribution < -0.4 is 11.1 Å². The molecular formula is C7H15N2O. The van der Waals surface area contributed by atoms with E-state index in [1.165, 1.54) is 0 Å². The highest BCUT2D eigenvalue weighted by Crippen LogP contribution is 2.08. The second-order valence-corrected chi connectivity index (χ2v) is 2.58. The van der Waals surface area contributed by atoms with Crippen LogP contribution in [0.15, 0.2) is 0 Å². The van der Waals surface area contributed by atoms with Crippen LogP contribution in [0.2, 0.25) is 0 Å². The van der Waals surface area contributed by atoms with Crippen molar-refractivity contribution in [1.29, 1.82) is 0 Å². The van der Waals surface area contributed by atoms with Gasteiger partial charge in [-0.2, -0.15) is 0 Å². The molecule has 0 aliphatic carbocycles. The summed E-state index contributed by atoms with van der Waals surface area (Å²) in [6.07, 6.45) is 3.69. The third-order valence-electron chi connectivity index (χ3n) is 1.74. The molecule has 2 N–H and O–H groups in total. The van der Waals surface area contributed by atoms with Crippen LogP contribution in [0, 0.1) is 0 Å². The van der Waals surface area contributed by atoms with Crippen LogP contribution in [0.3, 0.4) is 0 Å². The van der Waals surface area contributed by atoms with Gasteiger partial charge in [-0.05, 0) is 25.8 Å². The number of hydrogen-bond acceptors (Lipinski definition) is 2. The Morgan fingerprint density at radius 2 is 2.50 bits per heavy atom. The average molecular weight is 143 g/mol. The van der Waals surface area contributed by atoms with Gasteiger partial charge in [-0.1, -0.05) is 0 Å². The minimum absolute atomic E-state index is 0.432. The molecule has 1 saturated heterocycles. The van der Waals surface area contributed by atoms with Gasteiger partial charge in [0.2, 0.25) is 0 Å². The standard InChI is InChI=1S/C7H15N2O/c8-4-1-2-7-3-5-9-6-10-7/h7H,1-6,8H2. The van der Waals surface area contributed by atoms with Crippen molar-refractivity contribution in [3.05, 3.63) is 0 Å². The fourth-order valence-electron chi connectivity index (χ4n) is 1.11. The van der Waals surface area contributed by atoms with Gasteiger partial charge in [0, 0.05) is 6.54 Å². The highest BCUT2D eigenvalue weighted by Gasteiger charge is 2.12. The summed E-state index contributed by atoms with van der Waals surface area (Å²) in [5.74, 6) is 0. The van der Waals surface area contributed by atoms with Crippen LogP contribution in [0.25, 0.3) is 0 Å². The number of rotatable bonds is 3. The van der Waals surface area contributed by atoms with Crippen molar-refractivity contribution in [1.82, 2.24) is 5.32 Å². The lowest BCUT2D eigenvalue weighted by atomic mass is 10.1. The zero-order chi connectivity index (χ0) is 7.23. The molecule has 0 aromatic heterocycles. The molecule has 0 saturated carbocycles. The Bertz CT molecular complexity index is 81.7. The fraction of sp³-hybridized carbons (Fsp3) is 1.00. The van der Waals surface area contributed by atoms with Crippen LogP contribution in [0.4, 0.5) is 0 Å². The van der Waals surface area contributed by atoms with E-state index in [1.807, 2.05) is 0 Å². The predicted octanol–water partition coefficient (Wildman–Crippen LogP) is 0.0761. The molecule has 3 nitrogen and oxygen atoms in total. The molecule has 0 aromatic carbocycles. The van der Waals surface area contributed by atoms with E-state index in [9.17, 15) is 0 Å². The molecule has 1 aliphatic heterocycles. The van der Waals surface area contributed by atoms with Gasteiger partial charge in [0.1, 0.15) is 6.73 Å². The van der Waals surface area contributed by atoms with Crippen LogP contribution >= 0.6 is 0 Å². The molecule has 1 unspecified atom stereocenters. The first-order chi connectivity index (χ1) is 4.93.